The van der Waals surface area contributed by atoms with Crippen molar-refractivity contribution < 1.29 is 9.53 Å². The normalized spacial score (nSPS) is 16.2. The molecule has 0 aliphatic carbocycles. The molecule has 18 heavy (non-hydrogen) atoms. The lowest BCUT2D eigenvalue weighted by Gasteiger charge is -2.26. The van der Waals surface area contributed by atoms with Crippen LogP contribution in [0.1, 0.15) is 10.4 Å². The molecule has 1 amide bonds. The molecule has 0 atom stereocenters. The topological polar surface area (TPSA) is 34.5 Å². The number of morpholine rings is 1. The lowest BCUT2D eigenvalue weighted by Crippen LogP contribution is -2.40. The van der Waals surface area contributed by atoms with E-state index < -0.39 is 0 Å². The molecular formula is C14H16N2O2. The van der Waals surface area contributed by atoms with Crippen molar-refractivity contribution in [3.05, 3.63) is 36.0 Å². The van der Waals surface area contributed by atoms with E-state index in [1.165, 1.54) is 0 Å². The van der Waals surface area contributed by atoms with Crippen molar-refractivity contribution in [2.24, 2.45) is 7.05 Å². The van der Waals surface area contributed by atoms with Crippen LogP contribution in [0.25, 0.3) is 10.9 Å². The molecule has 0 spiro atoms. The van der Waals surface area contributed by atoms with Gasteiger partial charge in [0.2, 0.25) is 0 Å². The van der Waals surface area contributed by atoms with Crippen molar-refractivity contribution >= 4 is 16.8 Å². The third kappa shape index (κ3) is 1.88. The molecule has 1 saturated heterocycles. The zero-order valence-electron chi connectivity index (χ0n) is 10.4. The molecule has 1 aromatic heterocycles. The van der Waals surface area contributed by atoms with Gasteiger partial charge in [-0.25, -0.2) is 0 Å². The quantitative estimate of drug-likeness (QED) is 0.764. The van der Waals surface area contributed by atoms with Crippen molar-refractivity contribution in [3.63, 3.8) is 0 Å². The monoisotopic (exact) mass is 244 g/mol. The van der Waals surface area contributed by atoms with Gasteiger partial charge in [0.25, 0.3) is 5.91 Å². The Morgan fingerprint density at radius 3 is 2.78 bits per heavy atom. The van der Waals surface area contributed by atoms with E-state index in [4.69, 9.17) is 4.74 Å². The van der Waals surface area contributed by atoms with Crippen molar-refractivity contribution in [2.45, 2.75) is 0 Å². The zero-order valence-corrected chi connectivity index (χ0v) is 10.4. The third-order valence-electron chi connectivity index (χ3n) is 3.43. The molecule has 0 bridgehead atoms. The number of aryl methyl sites for hydroxylation is 1. The number of fused-ring (bicyclic) bond motifs is 1. The maximum absolute atomic E-state index is 12.3. The molecule has 1 aliphatic heterocycles. The Balaban J connectivity index is 1.91. The highest BCUT2D eigenvalue weighted by molar-refractivity contribution is 5.98. The highest BCUT2D eigenvalue weighted by atomic mass is 16.5. The second kappa shape index (κ2) is 4.46. The molecule has 0 saturated carbocycles. The molecule has 1 fully saturated rings. The summed E-state index contributed by atoms with van der Waals surface area (Å²) in [5.74, 6) is 0.101. The predicted octanol–water partition coefficient (Wildman–Crippen LogP) is 1.65. The van der Waals surface area contributed by atoms with E-state index in [9.17, 15) is 4.79 Å². The molecule has 1 aromatic carbocycles. The van der Waals surface area contributed by atoms with Crippen LogP contribution < -0.4 is 0 Å². The van der Waals surface area contributed by atoms with Crippen LogP contribution in [0.2, 0.25) is 0 Å². The molecule has 4 heteroatoms. The maximum Gasteiger partial charge on any atom is 0.254 e. The molecule has 0 radical (unpaired) electrons. The number of hydrogen-bond donors (Lipinski definition) is 0. The Kier molecular flexibility index (Phi) is 2.80. The van der Waals surface area contributed by atoms with E-state index in [1.807, 2.05) is 42.4 Å². The number of ether oxygens (including phenoxy) is 1. The van der Waals surface area contributed by atoms with Crippen molar-refractivity contribution in [1.29, 1.82) is 0 Å². The first-order chi connectivity index (χ1) is 8.75. The van der Waals surface area contributed by atoms with Crippen LogP contribution in [0.15, 0.2) is 30.5 Å². The van der Waals surface area contributed by atoms with Gasteiger partial charge >= 0.3 is 0 Å². The van der Waals surface area contributed by atoms with Gasteiger partial charge in [0, 0.05) is 42.8 Å². The summed E-state index contributed by atoms with van der Waals surface area (Å²) in [5, 5.41) is 1.11. The summed E-state index contributed by atoms with van der Waals surface area (Å²) < 4.78 is 7.32. The first-order valence-corrected chi connectivity index (χ1v) is 6.18. The molecule has 94 valence electrons. The fraction of sp³-hybridized carbons (Fsp3) is 0.357. The van der Waals surface area contributed by atoms with Gasteiger partial charge in [-0.2, -0.15) is 0 Å². The summed E-state index contributed by atoms with van der Waals surface area (Å²) in [7, 11) is 2.01. The smallest absolute Gasteiger partial charge is 0.254 e. The summed E-state index contributed by atoms with van der Waals surface area (Å²) in [6, 6.07) is 7.90. The van der Waals surface area contributed by atoms with E-state index in [0.29, 0.717) is 26.3 Å². The van der Waals surface area contributed by atoms with Gasteiger partial charge in [-0.15, -0.1) is 0 Å². The summed E-state index contributed by atoms with van der Waals surface area (Å²) in [4.78, 5) is 14.2. The van der Waals surface area contributed by atoms with Gasteiger partial charge in [0.15, 0.2) is 0 Å². The Morgan fingerprint density at radius 1 is 1.22 bits per heavy atom. The number of carbonyl (C=O) groups excluding carboxylic acids is 1. The largest absolute Gasteiger partial charge is 0.378 e. The number of amides is 1. The molecular weight excluding hydrogens is 228 g/mol. The zero-order chi connectivity index (χ0) is 12.5. The predicted molar refractivity (Wildman–Crippen MR) is 69.6 cm³/mol. The van der Waals surface area contributed by atoms with E-state index in [0.717, 1.165) is 16.5 Å². The minimum Gasteiger partial charge on any atom is -0.378 e. The molecule has 1 aliphatic rings. The lowest BCUT2D eigenvalue weighted by atomic mass is 10.1. The van der Waals surface area contributed by atoms with Crippen LogP contribution in [-0.4, -0.2) is 41.7 Å². The number of nitrogens with zero attached hydrogens (tertiary/aromatic N) is 2. The van der Waals surface area contributed by atoms with Gasteiger partial charge in [-0.05, 0) is 24.3 Å². The molecule has 2 aromatic rings. The van der Waals surface area contributed by atoms with E-state index in [2.05, 4.69) is 4.57 Å². The van der Waals surface area contributed by atoms with Crippen molar-refractivity contribution in [3.8, 4) is 0 Å². The van der Waals surface area contributed by atoms with Gasteiger partial charge < -0.3 is 14.2 Å². The molecule has 3 rings (SSSR count). The average Bonchev–Trinajstić information content (AvgIpc) is 2.80. The Labute approximate surface area is 106 Å². The fourth-order valence-electron chi connectivity index (χ4n) is 2.36. The van der Waals surface area contributed by atoms with Crippen LogP contribution >= 0.6 is 0 Å². The van der Waals surface area contributed by atoms with Crippen LogP contribution in [-0.2, 0) is 11.8 Å². The second-order valence-electron chi connectivity index (χ2n) is 4.60. The molecule has 4 nitrogen and oxygen atoms in total. The van der Waals surface area contributed by atoms with Crippen molar-refractivity contribution in [1.82, 2.24) is 9.47 Å². The summed E-state index contributed by atoms with van der Waals surface area (Å²) in [6.45, 7) is 2.65. The first kappa shape index (κ1) is 11.3. The van der Waals surface area contributed by atoms with Crippen LogP contribution in [0.5, 0.6) is 0 Å². The molecule has 0 unspecified atom stereocenters. The molecule has 2 heterocycles. The summed E-state index contributed by atoms with van der Waals surface area (Å²) in [6.07, 6.45) is 2.01. The number of benzene rings is 1. The van der Waals surface area contributed by atoms with Crippen molar-refractivity contribution in [2.75, 3.05) is 26.3 Å². The Morgan fingerprint density at radius 2 is 2.00 bits per heavy atom. The Hall–Kier alpha value is -1.81. The summed E-state index contributed by atoms with van der Waals surface area (Å²) >= 11 is 0. The highest BCUT2D eigenvalue weighted by Gasteiger charge is 2.18. The fourth-order valence-corrected chi connectivity index (χ4v) is 2.36. The minimum absolute atomic E-state index is 0.101. The minimum atomic E-state index is 0.101. The highest BCUT2D eigenvalue weighted by Crippen LogP contribution is 2.18. The number of aromatic nitrogens is 1. The van der Waals surface area contributed by atoms with Gasteiger partial charge in [-0.1, -0.05) is 0 Å². The maximum atomic E-state index is 12.3. The standard InChI is InChI=1S/C14H16N2O2/c1-15-5-4-11-10-12(2-3-13(11)15)14(17)16-6-8-18-9-7-16/h2-5,10H,6-9H2,1H3. The summed E-state index contributed by atoms with van der Waals surface area (Å²) in [5.41, 5.74) is 1.91. The van der Waals surface area contributed by atoms with E-state index in [-0.39, 0.29) is 5.91 Å². The Bertz CT molecular complexity index is 582. The van der Waals surface area contributed by atoms with Crippen LogP contribution in [0.3, 0.4) is 0 Å². The number of hydrogen-bond acceptors (Lipinski definition) is 2. The lowest BCUT2D eigenvalue weighted by molar-refractivity contribution is 0.0303. The van der Waals surface area contributed by atoms with Gasteiger partial charge in [-0.3, -0.25) is 4.79 Å². The second-order valence-corrected chi connectivity index (χ2v) is 4.60. The van der Waals surface area contributed by atoms with E-state index in [1.54, 1.807) is 0 Å². The van der Waals surface area contributed by atoms with Crippen LogP contribution in [0.4, 0.5) is 0 Å². The van der Waals surface area contributed by atoms with Gasteiger partial charge in [0.05, 0.1) is 13.2 Å². The SMILES string of the molecule is Cn1ccc2cc(C(=O)N3CCOCC3)ccc21. The number of carbonyl (C=O) groups is 1. The third-order valence-corrected chi connectivity index (χ3v) is 3.43. The van der Waals surface area contributed by atoms with E-state index >= 15 is 0 Å². The average molecular weight is 244 g/mol. The first-order valence-electron chi connectivity index (χ1n) is 6.18. The number of rotatable bonds is 1. The van der Waals surface area contributed by atoms with Crippen LogP contribution in [0, 0.1) is 0 Å². The molecule has 0 N–H and O–H groups in total. The van der Waals surface area contributed by atoms with Gasteiger partial charge in [0.1, 0.15) is 0 Å².